The number of nitrogens with zero attached hydrogens (tertiary/aromatic N) is 1. The molecule has 2 nitrogen and oxygen atoms in total. The second-order valence-corrected chi connectivity index (χ2v) is 8.50. The minimum absolute atomic E-state index is 0.238. The molecule has 2 aliphatic rings. The Morgan fingerprint density at radius 3 is 2.26 bits per heavy atom. The van der Waals surface area contributed by atoms with Gasteiger partial charge in [0.25, 0.3) is 0 Å². The summed E-state index contributed by atoms with van der Waals surface area (Å²) in [7, 11) is 2.35. The van der Waals surface area contributed by atoms with Gasteiger partial charge in [0.1, 0.15) is 0 Å². The first kappa shape index (κ1) is 15.7. The minimum atomic E-state index is 0.238. The largest absolute Gasteiger partial charge is 0.329 e. The van der Waals surface area contributed by atoms with E-state index >= 15 is 0 Å². The topological polar surface area (TPSA) is 29.3 Å². The van der Waals surface area contributed by atoms with Gasteiger partial charge in [-0.1, -0.05) is 39.5 Å². The van der Waals surface area contributed by atoms with Crippen molar-refractivity contribution in [2.45, 2.75) is 70.4 Å². The van der Waals surface area contributed by atoms with Crippen LogP contribution in [0.2, 0.25) is 0 Å². The summed E-state index contributed by atoms with van der Waals surface area (Å²) in [6.07, 6.45) is 9.70. The molecule has 0 bridgehead atoms. The third kappa shape index (κ3) is 3.68. The van der Waals surface area contributed by atoms with Crippen molar-refractivity contribution in [2.24, 2.45) is 11.1 Å². The summed E-state index contributed by atoms with van der Waals surface area (Å²) in [5.74, 6) is 2.51. The average molecular weight is 285 g/mol. The molecule has 1 heterocycles. The van der Waals surface area contributed by atoms with Gasteiger partial charge >= 0.3 is 0 Å². The Morgan fingerprint density at radius 1 is 1.11 bits per heavy atom. The average Bonchev–Trinajstić information content (AvgIpc) is 2.65. The van der Waals surface area contributed by atoms with Crippen molar-refractivity contribution in [3.63, 3.8) is 0 Å². The zero-order chi connectivity index (χ0) is 13.9. The van der Waals surface area contributed by atoms with E-state index in [2.05, 4.69) is 37.6 Å². The van der Waals surface area contributed by atoms with Crippen LogP contribution in [0.25, 0.3) is 0 Å². The van der Waals surface area contributed by atoms with Gasteiger partial charge in [-0.3, -0.25) is 4.90 Å². The van der Waals surface area contributed by atoms with E-state index in [1.54, 1.807) is 0 Å². The van der Waals surface area contributed by atoms with E-state index in [0.29, 0.717) is 5.41 Å². The monoisotopic (exact) mass is 284 g/mol. The molecule has 112 valence electrons. The predicted molar refractivity (Wildman–Crippen MR) is 86.8 cm³/mol. The van der Waals surface area contributed by atoms with Crippen LogP contribution in [-0.4, -0.2) is 41.6 Å². The van der Waals surface area contributed by atoms with E-state index in [0.717, 1.165) is 12.6 Å². The van der Waals surface area contributed by atoms with Crippen LogP contribution in [0.15, 0.2) is 0 Å². The van der Waals surface area contributed by atoms with Gasteiger partial charge in [-0.25, -0.2) is 0 Å². The Labute approximate surface area is 123 Å². The number of nitrogens with two attached hydrogens (primary N) is 1. The number of hydrogen-bond donors (Lipinski definition) is 1. The molecule has 1 unspecified atom stereocenters. The zero-order valence-electron chi connectivity index (χ0n) is 13.1. The van der Waals surface area contributed by atoms with Crippen molar-refractivity contribution in [2.75, 3.05) is 25.1 Å². The third-order valence-corrected chi connectivity index (χ3v) is 6.90. The normalized spacial score (nSPS) is 33.3. The molecule has 19 heavy (non-hydrogen) atoms. The van der Waals surface area contributed by atoms with Crippen LogP contribution in [-0.2, 0) is 0 Å². The number of likely N-dealkylation sites (N-methyl/N-ethyl adjacent to an activating group) is 1. The molecule has 0 radical (unpaired) electrons. The van der Waals surface area contributed by atoms with Gasteiger partial charge in [-0.2, -0.15) is 11.8 Å². The highest BCUT2D eigenvalue weighted by atomic mass is 32.2. The van der Waals surface area contributed by atoms with Crippen LogP contribution in [0.3, 0.4) is 0 Å². The van der Waals surface area contributed by atoms with E-state index in [1.165, 1.54) is 56.5 Å². The van der Waals surface area contributed by atoms with Crippen molar-refractivity contribution in [3.8, 4) is 0 Å². The van der Waals surface area contributed by atoms with Gasteiger partial charge in [0.15, 0.2) is 0 Å². The lowest BCUT2D eigenvalue weighted by Gasteiger charge is -2.51. The molecule has 1 aliphatic heterocycles. The van der Waals surface area contributed by atoms with Crippen LogP contribution < -0.4 is 5.73 Å². The van der Waals surface area contributed by atoms with Crippen molar-refractivity contribution in [1.29, 1.82) is 0 Å². The smallest absolute Gasteiger partial charge is 0.0427 e. The summed E-state index contributed by atoms with van der Waals surface area (Å²) in [6.45, 7) is 5.63. The number of rotatable bonds is 3. The molecule has 2 rings (SSSR count). The Hall–Kier alpha value is 0.270. The van der Waals surface area contributed by atoms with Gasteiger partial charge in [0.2, 0.25) is 0 Å². The van der Waals surface area contributed by atoms with Crippen molar-refractivity contribution < 1.29 is 0 Å². The van der Waals surface area contributed by atoms with Crippen LogP contribution in [0.5, 0.6) is 0 Å². The molecule has 0 spiro atoms. The van der Waals surface area contributed by atoms with Gasteiger partial charge in [-0.05, 0) is 37.5 Å². The Bertz CT molecular complexity index is 284. The van der Waals surface area contributed by atoms with E-state index < -0.39 is 0 Å². The first-order chi connectivity index (χ1) is 8.99. The van der Waals surface area contributed by atoms with Crippen molar-refractivity contribution in [3.05, 3.63) is 0 Å². The number of hydrogen-bond acceptors (Lipinski definition) is 3. The highest BCUT2D eigenvalue weighted by Gasteiger charge is 2.44. The molecule has 1 aliphatic carbocycles. The molecule has 1 atom stereocenters. The molecule has 2 fully saturated rings. The van der Waals surface area contributed by atoms with E-state index in [9.17, 15) is 0 Å². The highest BCUT2D eigenvalue weighted by molar-refractivity contribution is 7.99. The summed E-state index contributed by atoms with van der Waals surface area (Å²) < 4.78 is 0. The SMILES string of the molecule is CN(C1CCCCCC1)C1(CN)CSCC(C)(C)C1. The minimum Gasteiger partial charge on any atom is -0.329 e. The molecular weight excluding hydrogens is 252 g/mol. The van der Waals surface area contributed by atoms with E-state index in [-0.39, 0.29) is 5.54 Å². The maximum absolute atomic E-state index is 6.25. The van der Waals surface area contributed by atoms with E-state index in [1.807, 2.05) is 0 Å². The summed E-state index contributed by atoms with van der Waals surface area (Å²) in [6, 6.07) is 0.764. The second kappa shape index (κ2) is 6.36. The number of thioether (sulfide) groups is 1. The summed E-state index contributed by atoms with van der Waals surface area (Å²) in [5, 5.41) is 0. The standard InChI is InChI=1S/C16H32N2S/c1-15(2)10-16(11-17,13-19-12-15)18(3)14-8-6-4-5-7-9-14/h14H,4-13,17H2,1-3H3. The lowest BCUT2D eigenvalue weighted by atomic mass is 9.78. The van der Waals surface area contributed by atoms with Crippen LogP contribution >= 0.6 is 11.8 Å². The molecule has 2 N–H and O–H groups in total. The molecule has 0 aromatic carbocycles. The fraction of sp³-hybridized carbons (Fsp3) is 1.00. The second-order valence-electron chi connectivity index (χ2n) is 7.52. The maximum Gasteiger partial charge on any atom is 0.0427 e. The zero-order valence-corrected chi connectivity index (χ0v) is 13.9. The van der Waals surface area contributed by atoms with Gasteiger partial charge < -0.3 is 5.73 Å². The molecule has 3 heteroatoms. The summed E-state index contributed by atoms with van der Waals surface area (Å²) in [4.78, 5) is 2.69. The van der Waals surface area contributed by atoms with Crippen LogP contribution in [0, 0.1) is 5.41 Å². The summed E-state index contributed by atoms with van der Waals surface area (Å²) >= 11 is 2.11. The fourth-order valence-corrected chi connectivity index (χ4v) is 5.60. The van der Waals surface area contributed by atoms with Crippen LogP contribution in [0.1, 0.15) is 58.8 Å². The Balaban J connectivity index is 2.10. The Kier molecular flexibility index (Phi) is 5.24. The highest BCUT2D eigenvalue weighted by Crippen LogP contribution is 2.43. The third-order valence-electron chi connectivity index (χ3n) is 5.17. The maximum atomic E-state index is 6.25. The van der Waals surface area contributed by atoms with Crippen molar-refractivity contribution in [1.82, 2.24) is 4.90 Å². The van der Waals surface area contributed by atoms with E-state index in [4.69, 9.17) is 5.73 Å². The van der Waals surface area contributed by atoms with Crippen molar-refractivity contribution >= 4 is 11.8 Å². The fourth-order valence-electron chi connectivity index (χ4n) is 4.04. The molecule has 0 amide bonds. The van der Waals surface area contributed by atoms with Gasteiger partial charge in [0, 0.05) is 23.9 Å². The Morgan fingerprint density at radius 2 is 1.74 bits per heavy atom. The molecule has 0 aromatic rings. The molecule has 0 aromatic heterocycles. The first-order valence-corrected chi connectivity index (χ1v) is 9.15. The van der Waals surface area contributed by atoms with Gasteiger partial charge in [0.05, 0.1) is 0 Å². The molecular formula is C16H32N2S. The quantitative estimate of drug-likeness (QED) is 0.804. The first-order valence-electron chi connectivity index (χ1n) is 8.00. The lowest BCUT2D eigenvalue weighted by molar-refractivity contribution is 0.0485. The predicted octanol–water partition coefficient (Wildman–Crippen LogP) is 3.50. The molecule has 1 saturated heterocycles. The lowest BCUT2D eigenvalue weighted by Crippen LogP contribution is -2.61. The van der Waals surface area contributed by atoms with Gasteiger partial charge in [-0.15, -0.1) is 0 Å². The van der Waals surface area contributed by atoms with Crippen LogP contribution in [0.4, 0.5) is 0 Å². The molecule has 1 saturated carbocycles. The summed E-state index contributed by atoms with van der Waals surface area (Å²) in [5.41, 5.74) is 6.92.